The highest BCUT2D eigenvalue weighted by atomic mass is 16.5. The Bertz CT molecular complexity index is 881. The van der Waals surface area contributed by atoms with Crippen LogP contribution in [0.25, 0.3) is 21.9 Å². The van der Waals surface area contributed by atoms with Crippen LogP contribution in [0.1, 0.15) is 5.56 Å². The topological polar surface area (TPSA) is 49.7 Å². The minimum Gasteiger partial charge on any atom is -0.507 e. The number of benzene rings is 3. The first-order valence-corrected chi connectivity index (χ1v) is 7.37. The molecule has 0 aliphatic heterocycles. The van der Waals surface area contributed by atoms with Gasteiger partial charge in [0, 0.05) is 11.1 Å². The molecule has 0 heterocycles. The molecule has 0 fully saturated rings. The molecule has 0 saturated heterocycles. The zero-order chi connectivity index (χ0) is 16.4. The van der Waals surface area contributed by atoms with Gasteiger partial charge in [-0.05, 0) is 41.0 Å². The standard InChI is InChI=1S/C20H18O3/c1-3-6-13-11-16(20(22)18(12-13)23-2)19-15-8-5-4-7-14(15)9-10-17(19)21/h3-5,7-12,21-22H,1,6H2,2H3. The van der Waals surface area contributed by atoms with Crippen LogP contribution in [0.2, 0.25) is 0 Å². The lowest BCUT2D eigenvalue weighted by Gasteiger charge is -2.15. The van der Waals surface area contributed by atoms with Gasteiger partial charge in [-0.2, -0.15) is 0 Å². The lowest BCUT2D eigenvalue weighted by atomic mass is 9.94. The number of methoxy groups -OCH3 is 1. The molecule has 3 aromatic carbocycles. The Balaban J connectivity index is 2.36. The van der Waals surface area contributed by atoms with E-state index < -0.39 is 0 Å². The Morgan fingerprint density at radius 2 is 1.87 bits per heavy atom. The van der Waals surface area contributed by atoms with Gasteiger partial charge in [0.25, 0.3) is 0 Å². The number of ether oxygens (including phenoxy) is 1. The van der Waals surface area contributed by atoms with Crippen LogP contribution in [0, 0.1) is 0 Å². The fourth-order valence-electron chi connectivity index (χ4n) is 2.84. The molecule has 0 atom stereocenters. The van der Waals surface area contributed by atoms with Crippen LogP contribution in [-0.2, 0) is 6.42 Å². The summed E-state index contributed by atoms with van der Waals surface area (Å²) in [6.07, 6.45) is 2.44. The van der Waals surface area contributed by atoms with Gasteiger partial charge in [-0.3, -0.25) is 0 Å². The molecule has 3 rings (SSSR count). The van der Waals surface area contributed by atoms with Crippen molar-refractivity contribution in [3.63, 3.8) is 0 Å². The van der Waals surface area contributed by atoms with Crippen molar-refractivity contribution in [1.82, 2.24) is 0 Å². The molecule has 0 aromatic heterocycles. The summed E-state index contributed by atoms with van der Waals surface area (Å²) in [6, 6.07) is 14.9. The maximum Gasteiger partial charge on any atom is 0.165 e. The monoisotopic (exact) mass is 306 g/mol. The Labute approximate surface area is 135 Å². The lowest BCUT2D eigenvalue weighted by Crippen LogP contribution is -1.92. The van der Waals surface area contributed by atoms with Gasteiger partial charge in [0.1, 0.15) is 5.75 Å². The van der Waals surface area contributed by atoms with Gasteiger partial charge in [0.05, 0.1) is 7.11 Å². The number of aromatic hydroxyl groups is 2. The number of fused-ring (bicyclic) bond motifs is 1. The van der Waals surface area contributed by atoms with Crippen molar-refractivity contribution in [2.24, 2.45) is 0 Å². The van der Waals surface area contributed by atoms with E-state index in [-0.39, 0.29) is 11.5 Å². The van der Waals surface area contributed by atoms with E-state index in [1.54, 1.807) is 18.2 Å². The molecule has 0 unspecified atom stereocenters. The first-order chi connectivity index (χ1) is 11.2. The summed E-state index contributed by atoms with van der Waals surface area (Å²) in [4.78, 5) is 0. The average molecular weight is 306 g/mol. The summed E-state index contributed by atoms with van der Waals surface area (Å²) in [6.45, 7) is 3.75. The van der Waals surface area contributed by atoms with E-state index in [1.807, 2.05) is 36.4 Å². The Kier molecular flexibility index (Phi) is 3.94. The maximum absolute atomic E-state index is 10.6. The highest BCUT2D eigenvalue weighted by Gasteiger charge is 2.17. The highest BCUT2D eigenvalue weighted by Crippen LogP contribution is 2.45. The SMILES string of the molecule is C=CCc1cc(OC)c(O)c(-c2c(O)ccc3ccccc23)c1. The van der Waals surface area contributed by atoms with Gasteiger partial charge in [0.15, 0.2) is 11.5 Å². The molecule has 0 radical (unpaired) electrons. The van der Waals surface area contributed by atoms with Gasteiger partial charge < -0.3 is 14.9 Å². The predicted octanol–water partition coefficient (Wildman–Crippen LogP) is 4.66. The molecule has 0 amide bonds. The minimum atomic E-state index is 0.0203. The molecule has 0 aliphatic rings. The molecule has 3 nitrogen and oxygen atoms in total. The van der Waals surface area contributed by atoms with E-state index in [4.69, 9.17) is 4.74 Å². The largest absolute Gasteiger partial charge is 0.507 e. The Hall–Kier alpha value is -2.94. The van der Waals surface area contributed by atoms with Gasteiger partial charge in [-0.15, -0.1) is 6.58 Å². The summed E-state index contributed by atoms with van der Waals surface area (Å²) >= 11 is 0. The smallest absolute Gasteiger partial charge is 0.165 e. The second-order valence-electron chi connectivity index (χ2n) is 5.37. The fraction of sp³-hybridized carbons (Fsp3) is 0.100. The van der Waals surface area contributed by atoms with Crippen molar-refractivity contribution in [3.8, 4) is 28.4 Å². The van der Waals surface area contributed by atoms with Crippen molar-refractivity contribution >= 4 is 10.8 Å². The summed E-state index contributed by atoms with van der Waals surface area (Å²) in [5.74, 6) is 0.524. The number of allylic oxidation sites excluding steroid dienone is 1. The molecule has 116 valence electrons. The highest BCUT2D eigenvalue weighted by molar-refractivity contribution is 6.01. The number of phenolic OH excluding ortho intramolecular Hbond substituents is 2. The normalized spacial score (nSPS) is 10.7. The summed E-state index contributed by atoms with van der Waals surface area (Å²) in [5, 5.41) is 22.8. The predicted molar refractivity (Wildman–Crippen MR) is 93.2 cm³/mol. The Morgan fingerprint density at radius 1 is 1.09 bits per heavy atom. The molecular weight excluding hydrogens is 288 g/mol. The van der Waals surface area contributed by atoms with Gasteiger partial charge in [-0.1, -0.05) is 36.4 Å². The average Bonchev–Trinajstić information content (AvgIpc) is 2.57. The van der Waals surface area contributed by atoms with E-state index in [1.165, 1.54) is 7.11 Å². The van der Waals surface area contributed by atoms with Crippen LogP contribution in [0.4, 0.5) is 0 Å². The van der Waals surface area contributed by atoms with Gasteiger partial charge in [-0.25, -0.2) is 0 Å². The summed E-state index contributed by atoms with van der Waals surface area (Å²) in [7, 11) is 1.51. The number of hydrogen-bond donors (Lipinski definition) is 2. The van der Waals surface area contributed by atoms with Crippen molar-refractivity contribution in [3.05, 3.63) is 66.7 Å². The lowest BCUT2D eigenvalue weighted by molar-refractivity contribution is 0.374. The van der Waals surface area contributed by atoms with E-state index in [0.717, 1.165) is 16.3 Å². The van der Waals surface area contributed by atoms with Crippen molar-refractivity contribution in [2.75, 3.05) is 7.11 Å². The second kappa shape index (κ2) is 6.05. The van der Waals surface area contributed by atoms with Gasteiger partial charge in [0.2, 0.25) is 0 Å². The fourth-order valence-corrected chi connectivity index (χ4v) is 2.84. The van der Waals surface area contributed by atoms with E-state index >= 15 is 0 Å². The molecule has 3 aromatic rings. The third-order valence-corrected chi connectivity index (χ3v) is 3.91. The molecule has 0 aliphatic carbocycles. The van der Waals surface area contributed by atoms with E-state index in [2.05, 4.69) is 6.58 Å². The molecule has 2 N–H and O–H groups in total. The number of hydrogen-bond acceptors (Lipinski definition) is 3. The van der Waals surface area contributed by atoms with Crippen molar-refractivity contribution in [1.29, 1.82) is 0 Å². The van der Waals surface area contributed by atoms with Gasteiger partial charge >= 0.3 is 0 Å². The molecule has 0 bridgehead atoms. The second-order valence-corrected chi connectivity index (χ2v) is 5.37. The van der Waals surface area contributed by atoms with E-state index in [0.29, 0.717) is 23.3 Å². The molecule has 0 saturated carbocycles. The number of phenols is 2. The Morgan fingerprint density at radius 3 is 2.61 bits per heavy atom. The van der Waals surface area contributed by atoms with Crippen LogP contribution in [0.5, 0.6) is 17.2 Å². The van der Waals surface area contributed by atoms with Crippen molar-refractivity contribution < 1.29 is 14.9 Å². The van der Waals surface area contributed by atoms with Crippen LogP contribution < -0.4 is 4.74 Å². The molecular formula is C20H18O3. The van der Waals surface area contributed by atoms with E-state index in [9.17, 15) is 10.2 Å². The first kappa shape index (κ1) is 15.0. The summed E-state index contributed by atoms with van der Waals surface area (Å²) in [5.41, 5.74) is 2.11. The van der Waals surface area contributed by atoms with Crippen LogP contribution >= 0.6 is 0 Å². The quantitative estimate of drug-likeness (QED) is 0.689. The van der Waals surface area contributed by atoms with Crippen molar-refractivity contribution in [2.45, 2.75) is 6.42 Å². The molecule has 23 heavy (non-hydrogen) atoms. The zero-order valence-electron chi connectivity index (χ0n) is 12.9. The van der Waals surface area contributed by atoms with Crippen LogP contribution in [0.3, 0.4) is 0 Å². The molecule has 3 heteroatoms. The third-order valence-electron chi connectivity index (χ3n) is 3.91. The number of rotatable bonds is 4. The summed E-state index contributed by atoms with van der Waals surface area (Å²) < 4.78 is 5.28. The first-order valence-electron chi connectivity index (χ1n) is 7.37. The van der Waals surface area contributed by atoms with Crippen LogP contribution in [-0.4, -0.2) is 17.3 Å². The molecule has 0 spiro atoms. The zero-order valence-corrected chi connectivity index (χ0v) is 12.9. The maximum atomic E-state index is 10.6. The minimum absolute atomic E-state index is 0.0203. The third kappa shape index (κ3) is 2.61. The van der Waals surface area contributed by atoms with Crippen LogP contribution in [0.15, 0.2) is 61.2 Å².